The van der Waals surface area contributed by atoms with Crippen LogP contribution in [0.25, 0.3) is 0 Å². The van der Waals surface area contributed by atoms with Gasteiger partial charge in [-0.25, -0.2) is 0 Å². The first-order chi connectivity index (χ1) is 8.65. The van der Waals surface area contributed by atoms with E-state index in [2.05, 4.69) is 43.1 Å². The van der Waals surface area contributed by atoms with E-state index in [-0.39, 0.29) is 12.4 Å². The molecule has 2 nitrogen and oxygen atoms in total. The first kappa shape index (κ1) is 17.0. The third-order valence-corrected chi connectivity index (χ3v) is 4.76. The second-order valence-corrected chi connectivity index (χ2v) is 7.12. The minimum Gasteiger partial charge on any atom is -0.316 e. The average Bonchev–Trinajstić information content (AvgIpc) is 2.75. The van der Waals surface area contributed by atoms with Gasteiger partial charge in [-0.3, -0.25) is 4.90 Å². The highest BCUT2D eigenvalue weighted by atomic mass is 35.5. The number of nitrogens with one attached hydrogen (secondary N) is 1. The van der Waals surface area contributed by atoms with Crippen molar-refractivity contribution in [1.29, 1.82) is 0 Å². The molecule has 0 radical (unpaired) electrons. The summed E-state index contributed by atoms with van der Waals surface area (Å²) in [6.45, 7) is 11.6. The van der Waals surface area contributed by atoms with E-state index in [1.807, 2.05) is 11.3 Å². The summed E-state index contributed by atoms with van der Waals surface area (Å²) in [5.41, 5.74) is 0. The SMILES string of the molecule is Cc1ccc(CN(CC2CCCNC2)C(C)C)s1.Cl. The molecule has 110 valence electrons. The van der Waals surface area contributed by atoms with Gasteiger partial charge in [-0.1, -0.05) is 0 Å². The summed E-state index contributed by atoms with van der Waals surface area (Å²) >= 11 is 1.94. The predicted octanol–water partition coefficient (Wildman–Crippen LogP) is 3.69. The van der Waals surface area contributed by atoms with E-state index in [9.17, 15) is 0 Å². The Balaban J connectivity index is 0.00000180. The third-order valence-electron chi connectivity index (χ3n) is 3.78. The molecule has 19 heavy (non-hydrogen) atoms. The van der Waals surface area contributed by atoms with Crippen LogP contribution in [0.1, 0.15) is 36.4 Å². The highest BCUT2D eigenvalue weighted by Gasteiger charge is 2.19. The fraction of sp³-hybridized carbons (Fsp3) is 0.733. The minimum atomic E-state index is 0. The highest BCUT2D eigenvalue weighted by molar-refractivity contribution is 7.11. The Morgan fingerprint density at radius 1 is 1.42 bits per heavy atom. The second kappa shape index (κ2) is 8.25. The normalized spacial score (nSPS) is 19.7. The van der Waals surface area contributed by atoms with E-state index in [4.69, 9.17) is 0 Å². The molecule has 1 unspecified atom stereocenters. The van der Waals surface area contributed by atoms with Crippen molar-refractivity contribution in [3.8, 4) is 0 Å². The molecule has 0 amide bonds. The molecule has 2 heterocycles. The maximum atomic E-state index is 3.52. The summed E-state index contributed by atoms with van der Waals surface area (Å²) < 4.78 is 0. The molecule has 0 saturated carbocycles. The summed E-state index contributed by atoms with van der Waals surface area (Å²) in [6, 6.07) is 5.16. The van der Waals surface area contributed by atoms with Gasteiger partial charge >= 0.3 is 0 Å². The van der Waals surface area contributed by atoms with Gasteiger partial charge < -0.3 is 5.32 Å². The summed E-state index contributed by atoms with van der Waals surface area (Å²) in [5.74, 6) is 0.835. The van der Waals surface area contributed by atoms with Gasteiger partial charge in [0.2, 0.25) is 0 Å². The summed E-state index contributed by atoms with van der Waals surface area (Å²) in [5, 5.41) is 3.52. The summed E-state index contributed by atoms with van der Waals surface area (Å²) in [4.78, 5) is 5.56. The van der Waals surface area contributed by atoms with Gasteiger partial charge in [-0.15, -0.1) is 23.7 Å². The monoisotopic (exact) mass is 302 g/mol. The Labute approximate surface area is 128 Å². The van der Waals surface area contributed by atoms with Crippen LogP contribution >= 0.6 is 23.7 Å². The third kappa shape index (κ3) is 5.42. The van der Waals surface area contributed by atoms with Crippen LogP contribution in [0.3, 0.4) is 0 Å². The highest BCUT2D eigenvalue weighted by Crippen LogP contribution is 2.20. The quantitative estimate of drug-likeness (QED) is 0.892. The molecule has 0 bridgehead atoms. The van der Waals surface area contributed by atoms with Crippen LogP contribution in [0.15, 0.2) is 12.1 Å². The lowest BCUT2D eigenvalue weighted by atomic mass is 9.98. The lowest BCUT2D eigenvalue weighted by molar-refractivity contribution is 0.165. The zero-order chi connectivity index (χ0) is 13.0. The molecule has 0 aliphatic carbocycles. The van der Waals surface area contributed by atoms with Gasteiger partial charge in [0.25, 0.3) is 0 Å². The van der Waals surface area contributed by atoms with E-state index >= 15 is 0 Å². The minimum absolute atomic E-state index is 0. The molecule has 4 heteroatoms. The van der Waals surface area contributed by atoms with E-state index in [0.29, 0.717) is 6.04 Å². The second-order valence-electron chi connectivity index (χ2n) is 5.75. The van der Waals surface area contributed by atoms with Crippen molar-refractivity contribution in [2.24, 2.45) is 5.92 Å². The van der Waals surface area contributed by atoms with Crippen molar-refractivity contribution in [2.75, 3.05) is 19.6 Å². The molecule has 0 spiro atoms. The zero-order valence-corrected chi connectivity index (χ0v) is 13.9. The van der Waals surface area contributed by atoms with Crippen LogP contribution in [-0.4, -0.2) is 30.6 Å². The van der Waals surface area contributed by atoms with E-state index in [1.165, 1.54) is 42.2 Å². The van der Waals surface area contributed by atoms with Crippen molar-refractivity contribution < 1.29 is 0 Å². The van der Waals surface area contributed by atoms with Crippen LogP contribution in [0, 0.1) is 12.8 Å². The van der Waals surface area contributed by atoms with Crippen LogP contribution < -0.4 is 5.32 Å². The predicted molar refractivity (Wildman–Crippen MR) is 87.4 cm³/mol. The van der Waals surface area contributed by atoms with Gasteiger partial charge in [-0.2, -0.15) is 0 Å². The van der Waals surface area contributed by atoms with Gasteiger partial charge in [0.1, 0.15) is 0 Å². The molecular formula is C15H27ClN2S. The Kier molecular flexibility index (Phi) is 7.37. The number of aryl methyl sites for hydroxylation is 1. The van der Waals surface area contributed by atoms with Crippen molar-refractivity contribution in [1.82, 2.24) is 10.2 Å². The molecule has 1 aliphatic rings. The smallest absolute Gasteiger partial charge is 0.0330 e. The van der Waals surface area contributed by atoms with Crippen molar-refractivity contribution in [3.63, 3.8) is 0 Å². The lowest BCUT2D eigenvalue weighted by Crippen LogP contribution is -2.40. The van der Waals surface area contributed by atoms with Crippen molar-refractivity contribution >= 4 is 23.7 Å². The first-order valence-corrected chi connectivity index (χ1v) is 7.97. The van der Waals surface area contributed by atoms with Gasteiger partial charge in [0.15, 0.2) is 0 Å². The van der Waals surface area contributed by atoms with E-state index < -0.39 is 0 Å². The fourth-order valence-corrected chi connectivity index (χ4v) is 3.56. The number of hydrogen-bond acceptors (Lipinski definition) is 3. The topological polar surface area (TPSA) is 15.3 Å². The van der Waals surface area contributed by atoms with Gasteiger partial charge in [-0.05, 0) is 64.8 Å². The Morgan fingerprint density at radius 2 is 2.21 bits per heavy atom. The molecule has 1 aromatic heterocycles. The number of piperidine rings is 1. The molecule has 1 saturated heterocycles. The maximum absolute atomic E-state index is 3.52. The first-order valence-electron chi connectivity index (χ1n) is 7.15. The summed E-state index contributed by atoms with van der Waals surface area (Å²) in [6.07, 6.45) is 2.73. The average molecular weight is 303 g/mol. The van der Waals surface area contributed by atoms with Crippen LogP contribution in [0.2, 0.25) is 0 Å². The molecule has 1 N–H and O–H groups in total. The largest absolute Gasteiger partial charge is 0.316 e. The van der Waals surface area contributed by atoms with Crippen LogP contribution in [0.5, 0.6) is 0 Å². The molecular weight excluding hydrogens is 276 g/mol. The number of thiophene rings is 1. The van der Waals surface area contributed by atoms with E-state index in [1.54, 1.807) is 0 Å². The Morgan fingerprint density at radius 3 is 2.74 bits per heavy atom. The van der Waals surface area contributed by atoms with Gasteiger partial charge in [0.05, 0.1) is 0 Å². The molecule has 1 aromatic rings. The fourth-order valence-electron chi connectivity index (χ4n) is 2.64. The van der Waals surface area contributed by atoms with E-state index in [0.717, 1.165) is 12.5 Å². The Bertz CT molecular complexity index is 359. The number of rotatable bonds is 5. The molecule has 0 aromatic carbocycles. The molecule has 1 aliphatic heterocycles. The number of nitrogens with zero attached hydrogens (tertiary/aromatic N) is 1. The van der Waals surface area contributed by atoms with Crippen molar-refractivity contribution in [2.45, 2.75) is 46.2 Å². The number of halogens is 1. The number of hydrogen-bond donors (Lipinski definition) is 1. The summed E-state index contributed by atoms with van der Waals surface area (Å²) in [7, 11) is 0. The standard InChI is InChI=1S/C15H26N2S.ClH/c1-12(2)17(10-14-5-4-8-16-9-14)11-15-7-6-13(3)18-15;/h6-7,12,14,16H,4-5,8-11H2,1-3H3;1H. The van der Waals surface area contributed by atoms with Crippen molar-refractivity contribution in [3.05, 3.63) is 21.9 Å². The lowest BCUT2D eigenvalue weighted by Gasteiger charge is -2.32. The maximum Gasteiger partial charge on any atom is 0.0330 e. The Hall–Kier alpha value is -0.0900. The molecule has 1 atom stereocenters. The molecule has 2 rings (SSSR count). The molecule has 1 fully saturated rings. The van der Waals surface area contributed by atoms with Crippen LogP contribution in [-0.2, 0) is 6.54 Å². The van der Waals surface area contributed by atoms with Crippen LogP contribution in [0.4, 0.5) is 0 Å². The zero-order valence-electron chi connectivity index (χ0n) is 12.3. The van der Waals surface area contributed by atoms with Gasteiger partial charge in [0, 0.05) is 28.9 Å².